The average molecular weight is 488 g/mol. The molecule has 1 atom stereocenters. The highest BCUT2D eigenvalue weighted by molar-refractivity contribution is 5.98. The Morgan fingerprint density at radius 3 is 2.56 bits per heavy atom. The molecule has 0 bridgehead atoms. The van der Waals surface area contributed by atoms with Crippen molar-refractivity contribution in [3.63, 3.8) is 0 Å². The summed E-state index contributed by atoms with van der Waals surface area (Å²) in [6.07, 6.45) is 1.54. The molecule has 0 saturated heterocycles. The Morgan fingerprint density at radius 2 is 1.81 bits per heavy atom. The minimum absolute atomic E-state index is 0.124. The zero-order valence-corrected chi connectivity index (χ0v) is 20.5. The highest BCUT2D eigenvalue weighted by Crippen LogP contribution is 2.32. The molecule has 4 rings (SSSR count). The standard InChI is InChI=1S/C28H29N3O5/c1-18(2)26(30-27(32)22-9-12-24-25(14-22)36-17-35-24)28(33)31-29-15-20-7-10-23(11-8-20)34-16-21-6-4-5-19(3)13-21/h4-15,18,26H,16-17H2,1-3H3,(H,30,32)(H,31,33). The van der Waals surface area contributed by atoms with E-state index in [9.17, 15) is 9.59 Å². The Bertz CT molecular complexity index is 1250. The second-order valence-electron chi connectivity index (χ2n) is 8.84. The smallest absolute Gasteiger partial charge is 0.262 e. The summed E-state index contributed by atoms with van der Waals surface area (Å²) in [4.78, 5) is 25.4. The van der Waals surface area contributed by atoms with Gasteiger partial charge >= 0.3 is 0 Å². The minimum Gasteiger partial charge on any atom is -0.489 e. The van der Waals surface area contributed by atoms with Crippen LogP contribution in [0.4, 0.5) is 0 Å². The Kier molecular flexibility index (Phi) is 7.85. The Morgan fingerprint density at radius 1 is 1.03 bits per heavy atom. The summed E-state index contributed by atoms with van der Waals surface area (Å²) in [5.74, 6) is 0.891. The molecule has 1 aliphatic rings. The molecular weight excluding hydrogens is 458 g/mol. The first-order chi connectivity index (χ1) is 17.4. The molecule has 1 aliphatic heterocycles. The summed E-state index contributed by atoms with van der Waals surface area (Å²) in [6, 6.07) is 19.7. The maximum absolute atomic E-state index is 12.7. The third-order valence-electron chi connectivity index (χ3n) is 5.63. The van der Waals surface area contributed by atoms with Gasteiger partial charge in [-0.3, -0.25) is 9.59 Å². The number of ether oxygens (including phenoxy) is 3. The van der Waals surface area contributed by atoms with Gasteiger partial charge in [-0.05, 0) is 66.4 Å². The molecule has 1 unspecified atom stereocenters. The van der Waals surface area contributed by atoms with Gasteiger partial charge in [0.1, 0.15) is 18.4 Å². The quantitative estimate of drug-likeness (QED) is 0.348. The van der Waals surface area contributed by atoms with E-state index in [1.54, 1.807) is 24.4 Å². The predicted octanol–water partition coefficient (Wildman–Crippen LogP) is 4.21. The first-order valence-electron chi connectivity index (χ1n) is 11.7. The largest absolute Gasteiger partial charge is 0.489 e. The van der Waals surface area contributed by atoms with Gasteiger partial charge in [0, 0.05) is 5.56 Å². The SMILES string of the molecule is Cc1cccc(COc2ccc(C=NNC(=O)C(NC(=O)c3ccc4c(c3)OCO4)C(C)C)cc2)c1. The summed E-state index contributed by atoms with van der Waals surface area (Å²) in [5.41, 5.74) is 5.99. The molecule has 3 aromatic carbocycles. The van der Waals surface area contributed by atoms with Crippen LogP contribution < -0.4 is 25.0 Å². The molecule has 2 N–H and O–H groups in total. The summed E-state index contributed by atoms with van der Waals surface area (Å²) >= 11 is 0. The minimum atomic E-state index is -0.766. The molecule has 0 fully saturated rings. The molecule has 1 heterocycles. The van der Waals surface area contributed by atoms with Crippen LogP contribution in [0.15, 0.2) is 71.8 Å². The summed E-state index contributed by atoms with van der Waals surface area (Å²) in [6.45, 7) is 6.36. The molecule has 8 heteroatoms. The molecule has 0 radical (unpaired) electrons. The maximum atomic E-state index is 12.7. The van der Waals surface area contributed by atoms with E-state index >= 15 is 0 Å². The molecule has 36 heavy (non-hydrogen) atoms. The number of hydrogen-bond donors (Lipinski definition) is 2. The number of fused-ring (bicyclic) bond motifs is 1. The fraction of sp³-hybridized carbons (Fsp3) is 0.250. The number of amides is 2. The monoisotopic (exact) mass is 487 g/mol. The van der Waals surface area contributed by atoms with Crippen molar-refractivity contribution < 1.29 is 23.8 Å². The van der Waals surface area contributed by atoms with Crippen molar-refractivity contribution in [2.24, 2.45) is 11.0 Å². The van der Waals surface area contributed by atoms with Gasteiger partial charge in [-0.2, -0.15) is 5.10 Å². The lowest BCUT2D eigenvalue weighted by molar-refractivity contribution is -0.123. The van der Waals surface area contributed by atoms with Crippen molar-refractivity contribution in [1.82, 2.24) is 10.7 Å². The molecule has 0 saturated carbocycles. The number of aryl methyl sites for hydroxylation is 1. The third-order valence-corrected chi connectivity index (χ3v) is 5.63. The van der Waals surface area contributed by atoms with Gasteiger partial charge in [-0.25, -0.2) is 5.43 Å². The van der Waals surface area contributed by atoms with E-state index in [0.29, 0.717) is 23.7 Å². The van der Waals surface area contributed by atoms with Crippen molar-refractivity contribution >= 4 is 18.0 Å². The number of hydrazone groups is 1. The van der Waals surface area contributed by atoms with E-state index in [2.05, 4.69) is 21.9 Å². The number of carbonyl (C=O) groups excluding carboxylic acids is 2. The lowest BCUT2D eigenvalue weighted by Crippen LogP contribution is -2.48. The molecule has 8 nitrogen and oxygen atoms in total. The number of benzene rings is 3. The topological polar surface area (TPSA) is 98.2 Å². The zero-order chi connectivity index (χ0) is 25.5. The van der Waals surface area contributed by atoms with Gasteiger partial charge in [0.2, 0.25) is 6.79 Å². The predicted molar refractivity (Wildman–Crippen MR) is 136 cm³/mol. The van der Waals surface area contributed by atoms with E-state index in [4.69, 9.17) is 14.2 Å². The number of carbonyl (C=O) groups is 2. The summed E-state index contributed by atoms with van der Waals surface area (Å²) in [5, 5.41) is 6.82. The van der Waals surface area contributed by atoms with Gasteiger partial charge in [-0.15, -0.1) is 0 Å². The fourth-order valence-electron chi connectivity index (χ4n) is 3.66. The number of rotatable bonds is 9. The molecule has 186 valence electrons. The van der Waals surface area contributed by atoms with Gasteiger partial charge in [0.15, 0.2) is 11.5 Å². The van der Waals surface area contributed by atoms with Crippen molar-refractivity contribution in [1.29, 1.82) is 0 Å². The van der Waals surface area contributed by atoms with E-state index in [-0.39, 0.29) is 18.6 Å². The van der Waals surface area contributed by atoms with Crippen LogP contribution >= 0.6 is 0 Å². The third kappa shape index (κ3) is 6.41. The molecule has 0 aliphatic carbocycles. The van der Waals surface area contributed by atoms with Crippen LogP contribution in [-0.2, 0) is 11.4 Å². The van der Waals surface area contributed by atoms with Gasteiger partial charge in [0.05, 0.1) is 6.21 Å². The zero-order valence-electron chi connectivity index (χ0n) is 20.5. The van der Waals surface area contributed by atoms with Crippen LogP contribution in [0.3, 0.4) is 0 Å². The second-order valence-corrected chi connectivity index (χ2v) is 8.84. The van der Waals surface area contributed by atoms with Crippen LogP contribution in [0.25, 0.3) is 0 Å². The highest BCUT2D eigenvalue weighted by atomic mass is 16.7. The first-order valence-corrected chi connectivity index (χ1v) is 11.7. The van der Waals surface area contributed by atoms with Crippen LogP contribution in [0.2, 0.25) is 0 Å². The van der Waals surface area contributed by atoms with Crippen LogP contribution in [0.5, 0.6) is 17.2 Å². The van der Waals surface area contributed by atoms with Crippen molar-refractivity contribution in [2.75, 3.05) is 6.79 Å². The summed E-state index contributed by atoms with van der Waals surface area (Å²) < 4.78 is 16.4. The Balaban J connectivity index is 1.29. The van der Waals surface area contributed by atoms with Crippen LogP contribution in [0.1, 0.15) is 40.9 Å². The maximum Gasteiger partial charge on any atom is 0.262 e. The number of hydrogen-bond acceptors (Lipinski definition) is 6. The van der Waals surface area contributed by atoms with Gasteiger partial charge < -0.3 is 19.5 Å². The van der Waals surface area contributed by atoms with Crippen LogP contribution in [-0.4, -0.2) is 30.9 Å². The van der Waals surface area contributed by atoms with Crippen molar-refractivity contribution in [3.05, 3.63) is 89.0 Å². The fourth-order valence-corrected chi connectivity index (χ4v) is 3.66. The van der Waals surface area contributed by atoms with E-state index in [1.165, 1.54) is 5.56 Å². The lowest BCUT2D eigenvalue weighted by atomic mass is 10.0. The van der Waals surface area contributed by atoms with Gasteiger partial charge in [-0.1, -0.05) is 43.7 Å². The molecule has 0 aromatic heterocycles. The van der Waals surface area contributed by atoms with E-state index in [0.717, 1.165) is 16.9 Å². The summed E-state index contributed by atoms with van der Waals surface area (Å²) in [7, 11) is 0. The highest BCUT2D eigenvalue weighted by Gasteiger charge is 2.25. The van der Waals surface area contributed by atoms with Crippen molar-refractivity contribution in [2.45, 2.75) is 33.4 Å². The molecular formula is C28H29N3O5. The van der Waals surface area contributed by atoms with Gasteiger partial charge in [0.25, 0.3) is 11.8 Å². The van der Waals surface area contributed by atoms with Crippen molar-refractivity contribution in [3.8, 4) is 17.2 Å². The lowest BCUT2D eigenvalue weighted by Gasteiger charge is -2.20. The van der Waals surface area contributed by atoms with Crippen LogP contribution in [0, 0.1) is 12.8 Å². The number of nitrogens with zero attached hydrogens (tertiary/aromatic N) is 1. The Hall–Kier alpha value is -4.33. The number of nitrogens with one attached hydrogen (secondary N) is 2. The molecule has 0 spiro atoms. The second kappa shape index (κ2) is 11.4. The first kappa shape index (κ1) is 24.8. The molecule has 3 aromatic rings. The van der Waals surface area contributed by atoms with E-state index in [1.807, 2.05) is 63.2 Å². The van der Waals surface area contributed by atoms with E-state index < -0.39 is 11.9 Å². The normalized spacial score (nSPS) is 13.0. The Labute approximate surface area is 210 Å². The molecule has 2 amide bonds. The average Bonchev–Trinajstić information content (AvgIpc) is 3.34.